The fraction of sp³-hybridized carbons (Fsp3) is 0.640. The minimum Gasteiger partial charge on any atom is -0.338 e. The molecule has 0 spiro atoms. The molecular weight excluding hydrogens is 407 g/mol. The van der Waals surface area contributed by atoms with Crippen LogP contribution < -0.4 is 16.2 Å². The fourth-order valence-corrected chi connectivity index (χ4v) is 5.49. The van der Waals surface area contributed by atoms with Gasteiger partial charge in [-0.1, -0.05) is 19.8 Å². The molecule has 32 heavy (non-hydrogen) atoms. The normalized spacial score (nSPS) is 28.4. The molecule has 6 nitrogen and oxygen atoms in total. The van der Waals surface area contributed by atoms with Crippen LogP contribution in [0.1, 0.15) is 69.0 Å². The number of amides is 2. The molecule has 2 aliphatic rings. The number of hydrogen-bond donors (Lipinski definition) is 2. The van der Waals surface area contributed by atoms with Crippen LogP contribution in [0.3, 0.4) is 0 Å². The van der Waals surface area contributed by atoms with E-state index in [0.717, 1.165) is 60.7 Å². The van der Waals surface area contributed by atoms with Gasteiger partial charge in [-0.05, 0) is 63.0 Å². The highest BCUT2D eigenvalue weighted by atomic mass is 19.1. The molecule has 2 fully saturated rings. The quantitative estimate of drug-likeness (QED) is 0.740. The van der Waals surface area contributed by atoms with Gasteiger partial charge < -0.3 is 15.2 Å². The van der Waals surface area contributed by atoms with Crippen molar-refractivity contribution in [2.24, 2.45) is 18.9 Å². The van der Waals surface area contributed by atoms with Crippen LogP contribution in [0.4, 0.5) is 9.18 Å². The van der Waals surface area contributed by atoms with E-state index in [4.69, 9.17) is 0 Å². The van der Waals surface area contributed by atoms with E-state index in [9.17, 15) is 14.0 Å². The first-order chi connectivity index (χ1) is 15.3. The van der Waals surface area contributed by atoms with Crippen LogP contribution in [0.2, 0.25) is 0 Å². The lowest BCUT2D eigenvalue weighted by molar-refractivity contribution is 0.162. The van der Waals surface area contributed by atoms with Crippen molar-refractivity contribution in [3.63, 3.8) is 0 Å². The zero-order valence-corrected chi connectivity index (χ0v) is 19.4. The molecule has 2 aromatic rings. The maximum atomic E-state index is 14.0. The molecule has 7 heteroatoms. The van der Waals surface area contributed by atoms with Crippen molar-refractivity contribution in [2.45, 2.75) is 76.9 Å². The van der Waals surface area contributed by atoms with Gasteiger partial charge in [0.05, 0.1) is 5.52 Å². The molecule has 5 unspecified atom stereocenters. The fourth-order valence-electron chi connectivity index (χ4n) is 5.49. The second-order valence-electron chi connectivity index (χ2n) is 9.86. The number of aromatic nitrogens is 2. The van der Waals surface area contributed by atoms with Crippen LogP contribution in [0, 0.1) is 18.8 Å². The van der Waals surface area contributed by atoms with Crippen LogP contribution in [-0.4, -0.2) is 34.3 Å². The van der Waals surface area contributed by atoms with Gasteiger partial charge in [-0.15, -0.1) is 0 Å². The van der Waals surface area contributed by atoms with E-state index in [0.29, 0.717) is 18.9 Å². The summed E-state index contributed by atoms with van der Waals surface area (Å²) in [5, 5.41) is 6.92. The van der Waals surface area contributed by atoms with Crippen LogP contribution in [0.15, 0.2) is 23.1 Å². The monoisotopic (exact) mass is 442 g/mol. The van der Waals surface area contributed by atoms with E-state index >= 15 is 0 Å². The molecule has 2 saturated carbocycles. The number of carbonyl (C=O) groups excluding carboxylic acids is 1. The Hall–Kier alpha value is -2.44. The minimum atomic E-state index is -0.814. The Labute approximate surface area is 189 Å². The Morgan fingerprint density at radius 3 is 2.78 bits per heavy atom. The number of alkyl halides is 1. The number of rotatable bonds is 4. The Morgan fingerprint density at radius 1 is 1.22 bits per heavy atom. The summed E-state index contributed by atoms with van der Waals surface area (Å²) in [7, 11) is 1.81. The molecule has 2 heterocycles. The number of carbonyl (C=O) groups is 1. The molecule has 2 N–H and O–H groups in total. The maximum Gasteiger partial charge on any atom is 0.315 e. The number of hydrogen-bond acceptors (Lipinski definition) is 3. The number of fused-ring (bicyclic) bond motifs is 1. The van der Waals surface area contributed by atoms with E-state index in [-0.39, 0.29) is 29.5 Å². The number of pyridine rings is 2. The first-order valence-electron chi connectivity index (χ1n) is 12.0. The van der Waals surface area contributed by atoms with E-state index in [2.05, 4.69) is 22.5 Å². The van der Waals surface area contributed by atoms with Gasteiger partial charge in [-0.2, -0.15) is 0 Å². The predicted octanol–water partition coefficient (Wildman–Crippen LogP) is 4.34. The summed E-state index contributed by atoms with van der Waals surface area (Å²) in [5.74, 6) is 0.354. The second kappa shape index (κ2) is 9.59. The average Bonchev–Trinajstić information content (AvgIpc) is 2.77. The maximum absolute atomic E-state index is 14.0. The van der Waals surface area contributed by atoms with E-state index in [1.807, 2.05) is 32.3 Å². The topological polar surface area (TPSA) is 76.0 Å². The summed E-state index contributed by atoms with van der Waals surface area (Å²) in [5.41, 5.74) is 2.59. The van der Waals surface area contributed by atoms with Crippen LogP contribution in [0.5, 0.6) is 0 Å². The zero-order chi connectivity index (χ0) is 22.8. The number of urea groups is 1. The SMILES string of the molecule is Cc1cc2c(cn1)cc(C1CC(NC(=O)NCC3CCCCC3F)CCC1C)c(=O)n2C. The number of halogens is 1. The van der Waals surface area contributed by atoms with Crippen LogP contribution >= 0.6 is 0 Å². The van der Waals surface area contributed by atoms with Crippen molar-refractivity contribution in [3.05, 3.63) is 39.9 Å². The molecule has 2 aliphatic carbocycles. The molecular formula is C25H35FN4O2. The molecule has 0 radical (unpaired) electrons. The van der Waals surface area contributed by atoms with Gasteiger partial charge in [0.1, 0.15) is 6.17 Å². The lowest BCUT2D eigenvalue weighted by Gasteiger charge is -2.35. The molecule has 0 saturated heterocycles. The van der Waals surface area contributed by atoms with Crippen molar-refractivity contribution in [2.75, 3.05) is 6.54 Å². The third-order valence-corrected chi connectivity index (χ3v) is 7.54. The van der Waals surface area contributed by atoms with Gasteiger partial charge in [0.25, 0.3) is 5.56 Å². The van der Waals surface area contributed by atoms with Crippen LogP contribution in [0.25, 0.3) is 10.9 Å². The molecule has 174 valence electrons. The van der Waals surface area contributed by atoms with Crippen molar-refractivity contribution < 1.29 is 9.18 Å². The van der Waals surface area contributed by atoms with Crippen molar-refractivity contribution in [3.8, 4) is 0 Å². The van der Waals surface area contributed by atoms with E-state index in [1.54, 1.807) is 4.57 Å². The van der Waals surface area contributed by atoms with Crippen molar-refractivity contribution in [1.29, 1.82) is 0 Å². The van der Waals surface area contributed by atoms with E-state index < -0.39 is 6.17 Å². The summed E-state index contributed by atoms with van der Waals surface area (Å²) in [6, 6.07) is 3.69. The largest absolute Gasteiger partial charge is 0.338 e. The summed E-state index contributed by atoms with van der Waals surface area (Å²) in [6.45, 7) is 4.49. The molecule has 0 aliphatic heterocycles. The highest BCUT2D eigenvalue weighted by molar-refractivity contribution is 5.79. The first-order valence-corrected chi connectivity index (χ1v) is 12.0. The number of aryl methyl sites for hydroxylation is 2. The highest BCUT2D eigenvalue weighted by Gasteiger charge is 2.32. The van der Waals surface area contributed by atoms with Crippen molar-refractivity contribution in [1.82, 2.24) is 20.2 Å². The van der Waals surface area contributed by atoms with Gasteiger partial charge >= 0.3 is 6.03 Å². The molecule has 4 rings (SSSR count). The number of nitrogens with one attached hydrogen (secondary N) is 2. The lowest BCUT2D eigenvalue weighted by atomic mass is 9.74. The summed E-state index contributed by atoms with van der Waals surface area (Å²) >= 11 is 0. The van der Waals surface area contributed by atoms with Gasteiger partial charge in [0.2, 0.25) is 0 Å². The highest BCUT2D eigenvalue weighted by Crippen LogP contribution is 2.37. The molecule has 2 aromatic heterocycles. The molecule has 0 aromatic carbocycles. The summed E-state index contributed by atoms with van der Waals surface area (Å²) < 4.78 is 15.8. The molecule has 2 amide bonds. The van der Waals surface area contributed by atoms with Crippen LogP contribution in [-0.2, 0) is 7.05 Å². The Kier molecular flexibility index (Phi) is 6.82. The van der Waals surface area contributed by atoms with Gasteiger partial charge in [0.15, 0.2) is 0 Å². The van der Waals surface area contributed by atoms with Gasteiger partial charge in [0, 0.05) is 48.4 Å². The predicted molar refractivity (Wildman–Crippen MR) is 125 cm³/mol. The summed E-state index contributed by atoms with van der Waals surface area (Å²) in [6.07, 6.45) is 6.98. The molecule has 0 bridgehead atoms. The Bertz CT molecular complexity index is 1040. The lowest BCUT2D eigenvalue weighted by Crippen LogP contribution is -2.47. The number of nitrogens with zero attached hydrogens (tertiary/aromatic N) is 2. The standard InChI is InChI=1S/C25H35FN4O2/c1-15-8-9-19(29-25(32)28-13-17-6-4-5-7-22(17)26)12-20(15)21-11-18-14-27-16(2)10-23(18)30(3)24(21)31/h10-11,14-15,17,19-20,22H,4-9,12-13H2,1-3H3,(H2,28,29,32). The van der Waals surface area contributed by atoms with Gasteiger partial charge in [-0.3, -0.25) is 9.78 Å². The summed E-state index contributed by atoms with van der Waals surface area (Å²) in [4.78, 5) is 30.1. The smallest absolute Gasteiger partial charge is 0.315 e. The zero-order valence-electron chi connectivity index (χ0n) is 19.4. The second-order valence-corrected chi connectivity index (χ2v) is 9.86. The first kappa shape index (κ1) is 22.7. The van der Waals surface area contributed by atoms with E-state index in [1.165, 1.54) is 0 Å². The third kappa shape index (κ3) is 4.81. The molecule has 5 atom stereocenters. The van der Waals surface area contributed by atoms with Crippen molar-refractivity contribution >= 4 is 16.9 Å². The third-order valence-electron chi connectivity index (χ3n) is 7.54. The Morgan fingerprint density at radius 2 is 2.00 bits per heavy atom. The van der Waals surface area contributed by atoms with Gasteiger partial charge in [-0.25, -0.2) is 9.18 Å². The Balaban J connectivity index is 1.44. The minimum absolute atomic E-state index is 0.000255. The average molecular weight is 443 g/mol.